The lowest BCUT2D eigenvalue weighted by Gasteiger charge is -2.31. The minimum Gasteiger partial charge on any atom is -0.493 e. The summed E-state index contributed by atoms with van der Waals surface area (Å²) in [4.78, 5) is 24.7. The number of ether oxygens (including phenoxy) is 3. The highest BCUT2D eigenvalue weighted by Gasteiger charge is 2.34. The molecule has 0 aromatic heterocycles. The monoisotopic (exact) mass is 404 g/mol. The minimum atomic E-state index is -0.638. The van der Waals surface area contributed by atoms with Crippen molar-refractivity contribution >= 4 is 12.0 Å². The zero-order valence-corrected chi connectivity index (χ0v) is 18.0. The second kappa shape index (κ2) is 10.7. The van der Waals surface area contributed by atoms with Crippen molar-refractivity contribution in [3.63, 3.8) is 0 Å². The van der Waals surface area contributed by atoms with Gasteiger partial charge in [0.05, 0.1) is 32.4 Å². The Morgan fingerprint density at radius 3 is 2.52 bits per heavy atom. The molecule has 2 amide bonds. The molecule has 0 saturated carbocycles. The molecule has 1 aliphatic heterocycles. The van der Waals surface area contributed by atoms with Crippen LogP contribution in [0.5, 0.6) is 11.5 Å². The van der Waals surface area contributed by atoms with Crippen molar-refractivity contribution in [2.24, 2.45) is 5.92 Å². The SMILES string of the molecule is CCCCCCOc1ccc(C2NC(=O)NC(C(C)C)=C2C(=O)OC)cc1OC. The van der Waals surface area contributed by atoms with E-state index in [1.54, 1.807) is 13.2 Å². The van der Waals surface area contributed by atoms with Crippen LogP contribution in [0.15, 0.2) is 29.5 Å². The molecule has 1 aromatic rings. The summed E-state index contributed by atoms with van der Waals surface area (Å²) in [5.41, 5.74) is 1.66. The van der Waals surface area contributed by atoms with Crippen LogP contribution in [0.4, 0.5) is 4.79 Å². The van der Waals surface area contributed by atoms with E-state index >= 15 is 0 Å². The summed E-state index contributed by atoms with van der Waals surface area (Å²) in [6.07, 6.45) is 4.48. The minimum absolute atomic E-state index is 0.0507. The molecule has 7 nitrogen and oxygen atoms in total. The Kier molecular flexibility index (Phi) is 8.36. The van der Waals surface area contributed by atoms with Gasteiger partial charge in [0.2, 0.25) is 0 Å². The molecule has 1 aliphatic rings. The summed E-state index contributed by atoms with van der Waals surface area (Å²) < 4.78 is 16.3. The largest absolute Gasteiger partial charge is 0.493 e. The van der Waals surface area contributed by atoms with Gasteiger partial charge >= 0.3 is 12.0 Å². The molecule has 160 valence electrons. The summed E-state index contributed by atoms with van der Waals surface area (Å²) in [5, 5.41) is 5.55. The predicted molar refractivity (Wildman–Crippen MR) is 111 cm³/mol. The molecule has 1 atom stereocenters. The maximum atomic E-state index is 12.5. The van der Waals surface area contributed by atoms with E-state index in [1.165, 1.54) is 20.0 Å². The number of allylic oxidation sites excluding steroid dienone is 1. The number of benzene rings is 1. The number of urea groups is 1. The van der Waals surface area contributed by atoms with Gasteiger partial charge in [0, 0.05) is 5.70 Å². The molecule has 0 fully saturated rings. The topological polar surface area (TPSA) is 85.9 Å². The normalized spacial score (nSPS) is 16.3. The summed E-state index contributed by atoms with van der Waals surface area (Å²) >= 11 is 0. The number of methoxy groups -OCH3 is 2. The summed E-state index contributed by atoms with van der Waals surface area (Å²) in [5.74, 6) is 0.661. The van der Waals surface area contributed by atoms with E-state index in [2.05, 4.69) is 17.6 Å². The van der Waals surface area contributed by atoms with Gasteiger partial charge in [-0.05, 0) is 30.0 Å². The smallest absolute Gasteiger partial charge is 0.337 e. The molecule has 0 aliphatic carbocycles. The fourth-order valence-corrected chi connectivity index (χ4v) is 3.32. The highest BCUT2D eigenvalue weighted by atomic mass is 16.5. The lowest BCUT2D eigenvalue weighted by Crippen LogP contribution is -2.47. The molecule has 0 spiro atoms. The van der Waals surface area contributed by atoms with Gasteiger partial charge in [-0.3, -0.25) is 0 Å². The maximum absolute atomic E-state index is 12.5. The molecule has 2 rings (SSSR count). The average molecular weight is 405 g/mol. The lowest BCUT2D eigenvalue weighted by molar-refractivity contribution is -0.136. The molecular formula is C22H32N2O5. The van der Waals surface area contributed by atoms with Gasteiger partial charge < -0.3 is 24.8 Å². The standard InChI is InChI=1S/C22H32N2O5/c1-6-7-8-9-12-29-16-11-10-15(13-17(16)27-4)20-18(21(25)28-5)19(14(2)3)23-22(26)24-20/h10-11,13-14,20H,6-9,12H2,1-5H3,(H2,23,24,26). The number of carbonyl (C=O) groups is 2. The number of nitrogens with one attached hydrogen (secondary N) is 2. The van der Waals surface area contributed by atoms with Gasteiger partial charge in [-0.1, -0.05) is 46.1 Å². The van der Waals surface area contributed by atoms with Crippen molar-refractivity contribution in [2.45, 2.75) is 52.5 Å². The van der Waals surface area contributed by atoms with Crippen molar-refractivity contribution in [3.8, 4) is 11.5 Å². The first-order valence-corrected chi connectivity index (χ1v) is 10.1. The van der Waals surface area contributed by atoms with Crippen molar-refractivity contribution in [3.05, 3.63) is 35.0 Å². The molecule has 0 radical (unpaired) electrons. The molecule has 7 heteroatoms. The Bertz CT molecular complexity index is 758. The van der Waals surface area contributed by atoms with Gasteiger partial charge in [0.1, 0.15) is 0 Å². The zero-order valence-electron chi connectivity index (χ0n) is 18.0. The fourth-order valence-electron chi connectivity index (χ4n) is 3.32. The number of hydrogen-bond donors (Lipinski definition) is 2. The van der Waals surface area contributed by atoms with Gasteiger partial charge in [-0.2, -0.15) is 0 Å². The Morgan fingerprint density at radius 1 is 1.14 bits per heavy atom. The lowest BCUT2D eigenvalue weighted by atomic mass is 9.91. The van der Waals surface area contributed by atoms with Crippen LogP contribution in [0.2, 0.25) is 0 Å². The second-order valence-corrected chi connectivity index (χ2v) is 7.32. The number of amides is 2. The van der Waals surface area contributed by atoms with E-state index in [4.69, 9.17) is 14.2 Å². The summed E-state index contributed by atoms with van der Waals surface area (Å²) in [6.45, 7) is 6.61. The number of hydrogen-bond acceptors (Lipinski definition) is 5. The third kappa shape index (κ3) is 5.65. The fraction of sp³-hybridized carbons (Fsp3) is 0.545. The van der Waals surface area contributed by atoms with E-state index in [9.17, 15) is 9.59 Å². The van der Waals surface area contributed by atoms with Gasteiger partial charge in [0.25, 0.3) is 0 Å². The average Bonchev–Trinajstić information content (AvgIpc) is 2.72. The first-order chi connectivity index (χ1) is 13.9. The van der Waals surface area contributed by atoms with Crippen LogP contribution in [0.25, 0.3) is 0 Å². The molecular weight excluding hydrogens is 372 g/mol. The van der Waals surface area contributed by atoms with Crippen LogP contribution in [0, 0.1) is 5.92 Å². The Hall–Kier alpha value is -2.70. The van der Waals surface area contributed by atoms with Crippen LogP contribution in [-0.4, -0.2) is 32.8 Å². The molecule has 0 bridgehead atoms. The predicted octanol–water partition coefficient (Wildman–Crippen LogP) is 4.09. The van der Waals surface area contributed by atoms with Crippen molar-refractivity contribution in [2.75, 3.05) is 20.8 Å². The van der Waals surface area contributed by atoms with Crippen LogP contribution >= 0.6 is 0 Å². The van der Waals surface area contributed by atoms with Crippen molar-refractivity contribution in [1.82, 2.24) is 10.6 Å². The number of unbranched alkanes of at least 4 members (excludes halogenated alkanes) is 3. The molecule has 1 unspecified atom stereocenters. The van der Waals surface area contributed by atoms with Gasteiger partial charge in [-0.15, -0.1) is 0 Å². The molecule has 1 aromatic carbocycles. The van der Waals surface area contributed by atoms with E-state index in [1.807, 2.05) is 26.0 Å². The number of esters is 1. The van der Waals surface area contributed by atoms with E-state index in [-0.39, 0.29) is 11.9 Å². The second-order valence-electron chi connectivity index (χ2n) is 7.32. The first kappa shape index (κ1) is 22.6. The Balaban J connectivity index is 2.32. The highest BCUT2D eigenvalue weighted by molar-refractivity contribution is 5.95. The van der Waals surface area contributed by atoms with Crippen molar-refractivity contribution < 1.29 is 23.8 Å². The summed E-state index contributed by atoms with van der Waals surface area (Å²) in [6, 6.07) is 4.44. The maximum Gasteiger partial charge on any atom is 0.337 e. The van der Waals surface area contributed by atoms with Crippen LogP contribution < -0.4 is 20.1 Å². The molecule has 29 heavy (non-hydrogen) atoms. The third-order valence-electron chi connectivity index (χ3n) is 4.86. The molecule has 2 N–H and O–H groups in total. The zero-order chi connectivity index (χ0) is 21.4. The van der Waals surface area contributed by atoms with Crippen LogP contribution in [0.3, 0.4) is 0 Å². The van der Waals surface area contributed by atoms with Crippen molar-refractivity contribution in [1.29, 1.82) is 0 Å². The Labute approximate surface area is 172 Å². The van der Waals surface area contributed by atoms with E-state index in [0.29, 0.717) is 34.9 Å². The molecule has 1 heterocycles. The summed E-state index contributed by atoms with van der Waals surface area (Å²) in [7, 11) is 2.90. The molecule has 0 saturated heterocycles. The number of rotatable bonds is 10. The van der Waals surface area contributed by atoms with Gasteiger partial charge in [0.15, 0.2) is 11.5 Å². The van der Waals surface area contributed by atoms with E-state index in [0.717, 1.165) is 12.8 Å². The first-order valence-electron chi connectivity index (χ1n) is 10.1. The quantitative estimate of drug-likeness (QED) is 0.453. The third-order valence-corrected chi connectivity index (χ3v) is 4.86. The van der Waals surface area contributed by atoms with Crippen LogP contribution in [0.1, 0.15) is 58.1 Å². The number of carbonyl (C=O) groups excluding carboxylic acids is 2. The van der Waals surface area contributed by atoms with E-state index < -0.39 is 12.0 Å². The van der Waals surface area contributed by atoms with Gasteiger partial charge in [-0.25, -0.2) is 9.59 Å². The highest BCUT2D eigenvalue weighted by Crippen LogP contribution is 2.35. The Morgan fingerprint density at radius 2 is 1.90 bits per heavy atom. The van der Waals surface area contributed by atoms with Crippen LogP contribution in [-0.2, 0) is 9.53 Å².